The minimum Gasteiger partial charge on any atom is -0.199 e. The van der Waals surface area contributed by atoms with Crippen molar-refractivity contribution >= 4 is 0 Å². The zero-order chi connectivity index (χ0) is 6.69. The molecular weight excluding hydrogens is 147 g/mol. The second-order valence-electron chi connectivity index (χ2n) is 2.17. The van der Waals surface area contributed by atoms with Gasteiger partial charge in [-0.3, -0.25) is 0 Å². The van der Waals surface area contributed by atoms with E-state index < -0.39 is 0 Å². The van der Waals surface area contributed by atoms with Crippen LogP contribution >= 0.6 is 0 Å². The molecule has 0 radical (unpaired) electrons. The molecule has 1 rings (SSSR count). The quantitative estimate of drug-likeness (QED) is 0.379. The third-order valence-electron chi connectivity index (χ3n) is 1.43. The first kappa shape index (κ1) is 10.7. The second kappa shape index (κ2) is 5.39. The summed E-state index contributed by atoms with van der Waals surface area (Å²) in [5, 5.41) is 0. The van der Waals surface area contributed by atoms with Gasteiger partial charge in [-0.1, -0.05) is 12.5 Å². The average molecular weight is 158 g/mol. The summed E-state index contributed by atoms with van der Waals surface area (Å²) in [4.78, 5) is 0. The van der Waals surface area contributed by atoms with Gasteiger partial charge < -0.3 is 0 Å². The Morgan fingerprint density at radius 3 is 2.10 bits per heavy atom. The number of rotatable bonds is 1. The molecule has 0 aliphatic rings. The maximum atomic E-state index is 3.80. The molecule has 1 heteroatoms. The second-order valence-corrected chi connectivity index (χ2v) is 2.17. The van der Waals surface area contributed by atoms with Crippen molar-refractivity contribution in [3.8, 4) is 0 Å². The molecule has 0 nitrogen and oxygen atoms in total. The third-order valence-corrected chi connectivity index (χ3v) is 1.43. The first-order valence-electron chi connectivity index (χ1n) is 3.24. The van der Waals surface area contributed by atoms with Crippen LogP contribution in [0.4, 0.5) is 0 Å². The fourth-order valence-electron chi connectivity index (χ4n) is 0.775. The van der Waals surface area contributed by atoms with Crippen LogP contribution in [0.2, 0.25) is 0 Å². The van der Waals surface area contributed by atoms with Gasteiger partial charge in [-0.2, -0.15) is 24.6 Å². The Labute approximate surface area is 105 Å². The summed E-state index contributed by atoms with van der Waals surface area (Å²) in [5.41, 5.74) is 2.47. The summed E-state index contributed by atoms with van der Waals surface area (Å²) in [7, 11) is 0. The Hall–Kier alpha value is 0.726. The minimum atomic E-state index is 0. The molecule has 0 heterocycles. The Kier molecular flexibility index (Phi) is 5.78. The maximum Gasteiger partial charge on any atom is 1.00 e. The van der Waals surface area contributed by atoms with Crippen LogP contribution in [-0.4, -0.2) is 0 Å². The fourth-order valence-corrected chi connectivity index (χ4v) is 0.775. The molecule has 0 saturated carbocycles. The van der Waals surface area contributed by atoms with Gasteiger partial charge in [0.25, 0.3) is 0 Å². The third kappa shape index (κ3) is 3.22. The van der Waals surface area contributed by atoms with E-state index in [-0.39, 0.29) is 51.4 Å². The Bertz CT molecular complexity index is 176. The van der Waals surface area contributed by atoms with E-state index in [1.165, 1.54) is 5.56 Å². The van der Waals surface area contributed by atoms with Crippen molar-refractivity contribution < 1.29 is 51.4 Å². The fraction of sp³-hybridized carbons (Fsp3) is 0.222. The van der Waals surface area contributed by atoms with Crippen molar-refractivity contribution in [2.75, 3.05) is 0 Å². The molecule has 0 saturated heterocycles. The van der Waals surface area contributed by atoms with E-state index in [0.29, 0.717) is 0 Å². The molecular formula is C9H11K. The first-order valence-corrected chi connectivity index (χ1v) is 3.24. The van der Waals surface area contributed by atoms with E-state index in [2.05, 4.69) is 26.0 Å². The molecule has 10 heavy (non-hydrogen) atoms. The molecule has 48 valence electrons. The van der Waals surface area contributed by atoms with Crippen LogP contribution in [0.25, 0.3) is 0 Å². The van der Waals surface area contributed by atoms with Gasteiger partial charge in [0.1, 0.15) is 0 Å². The summed E-state index contributed by atoms with van der Waals surface area (Å²) in [6.07, 6.45) is 1.11. The monoisotopic (exact) mass is 158 g/mol. The van der Waals surface area contributed by atoms with Crippen molar-refractivity contribution in [1.82, 2.24) is 0 Å². The summed E-state index contributed by atoms with van der Waals surface area (Å²) in [6, 6.07) is 8.31. The van der Waals surface area contributed by atoms with E-state index in [1.54, 1.807) is 0 Å². The molecule has 1 aromatic rings. The molecule has 0 spiro atoms. The van der Waals surface area contributed by atoms with Crippen LogP contribution in [0.3, 0.4) is 0 Å². The van der Waals surface area contributed by atoms with Crippen LogP contribution in [0, 0.1) is 6.92 Å². The summed E-state index contributed by atoms with van der Waals surface area (Å²) >= 11 is 0. The van der Waals surface area contributed by atoms with Crippen molar-refractivity contribution in [3.63, 3.8) is 0 Å². The van der Waals surface area contributed by atoms with Gasteiger partial charge in [0.05, 0.1) is 0 Å². The van der Waals surface area contributed by atoms with Gasteiger partial charge >= 0.3 is 51.4 Å². The largest absolute Gasteiger partial charge is 1.00 e. The van der Waals surface area contributed by atoms with Crippen molar-refractivity contribution in [2.45, 2.75) is 13.3 Å². The minimum absolute atomic E-state index is 0. The molecule has 0 bridgehead atoms. The summed E-state index contributed by atoms with van der Waals surface area (Å²) in [5.74, 6) is 0. The molecule has 0 aromatic heterocycles. The molecule has 0 unspecified atom stereocenters. The zero-order valence-electron chi connectivity index (χ0n) is 6.72. The van der Waals surface area contributed by atoms with Crippen LogP contribution in [0.1, 0.15) is 18.1 Å². The molecule has 0 atom stereocenters. The average Bonchev–Trinajstić information content (AvgIpc) is 1.90. The topological polar surface area (TPSA) is 0 Å². The van der Waals surface area contributed by atoms with E-state index in [1.807, 2.05) is 12.1 Å². The van der Waals surface area contributed by atoms with E-state index >= 15 is 0 Å². The summed E-state index contributed by atoms with van der Waals surface area (Å²) < 4.78 is 0. The predicted octanol–water partition coefficient (Wildman–Crippen LogP) is -0.565. The van der Waals surface area contributed by atoms with E-state index in [0.717, 1.165) is 12.0 Å². The molecule has 0 aliphatic heterocycles. The molecule has 1 aromatic carbocycles. The molecule has 0 aliphatic carbocycles. The van der Waals surface area contributed by atoms with E-state index in [9.17, 15) is 0 Å². The zero-order valence-corrected chi connectivity index (χ0v) is 9.85. The first-order chi connectivity index (χ1) is 4.33. The number of aryl methyl sites for hydroxylation is 1. The Morgan fingerprint density at radius 1 is 1.20 bits per heavy atom. The SMILES string of the molecule is [CH2-]c1ccc(CC)cc1.[K+]. The van der Waals surface area contributed by atoms with Gasteiger partial charge in [-0.25, -0.2) is 0 Å². The summed E-state index contributed by atoms with van der Waals surface area (Å²) in [6.45, 7) is 5.95. The van der Waals surface area contributed by atoms with Gasteiger partial charge in [0.15, 0.2) is 0 Å². The van der Waals surface area contributed by atoms with Crippen molar-refractivity contribution in [1.29, 1.82) is 0 Å². The Morgan fingerprint density at radius 2 is 1.70 bits per heavy atom. The number of hydrogen-bond acceptors (Lipinski definition) is 0. The Balaban J connectivity index is 0.000000810. The molecule has 0 fully saturated rings. The molecule has 0 amide bonds. The van der Waals surface area contributed by atoms with Gasteiger partial charge in [-0.05, 0) is 6.42 Å². The molecule has 0 N–H and O–H groups in total. The number of benzene rings is 1. The van der Waals surface area contributed by atoms with Crippen LogP contribution in [0.5, 0.6) is 0 Å². The maximum absolute atomic E-state index is 3.80. The van der Waals surface area contributed by atoms with Crippen molar-refractivity contribution in [3.05, 3.63) is 42.3 Å². The normalized spacial score (nSPS) is 8.50. The van der Waals surface area contributed by atoms with Crippen molar-refractivity contribution in [2.24, 2.45) is 0 Å². The van der Waals surface area contributed by atoms with Crippen LogP contribution in [0.15, 0.2) is 24.3 Å². The standard InChI is InChI=1S/C9H11.K/c1-3-9-6-4-8(2)5-7-9;/h4-7H,2-3H2,1H3;/q-1;+1. The van der Waals surface area contributed by atoms with Gasteiger partial charge in [0, 0.05) is 0 Å². The van der Waals surface area contributed by atoms with Crippen LogP contribution < -0.4 is 51.4 Å². The van der Waals surface area contributed by atoms with Gasteiger partial charge in [0.2, 0.25) is 0 Å². The van der Waals surface area contributed by atoms with Crippen LogP contribution in [-0.2, 0) is 6.42 Å². The predicted molar refractivity (Wildman–Crippen MR) is 40.3 cm³/mol. The van der Waals surface area contributed by atoms with E-state index in [4.69, 9.17) is 0 Å². The smallest absolute Gasteiger partial charge is 0.199 e. The van der Waals surface area contributed by atoms with Gasteiger partial charge in [-0.15, -0.1) is 12.1 Å². The number of hydrogen-bond donors (Lipinski definition) is 0.